The summed E-state index contributed by atoms with van der Waals surface area (Å²) in [6.45, 7) is 5.85. The number of carbonyl (C=O) groups excluding carboxylic acids is 1. The van der Waals surface area contributed by atoms with Gasteiger partial charge >= 0.3 is 5.97 Å². The zero-order valence-electron chi connectivity index (χ0n) is 26.3. The number of thiazole rings is 1. The molecule has 0 spiro atoms. The maximum atomic E-state index is 14.5. The Kier molecular flexibility index (Phi) is 8.76. The van der Waals surface area contributed by atoms with Gasteiger partial charge in [0.25, 0.3) is 5.56 Å². The Labute approximate surface area is 270 Å². The molecular weight excluding hydrogens is 600 g/mol. The molecule has 2 heterocycles. The fourth-order valence-corrected chi connectivity index (χ4v) is 6.67. The molecule has 1 aliphatic heterocycles. The number of hydrogen-bond donors (Lipinski definition) is 0. The fraction of sp³-hybridized carbons (Fsp3) is 0.216. The minimum atomic E-state index is -0.855. The Morgan fingerprint density at radius 2 is 1.65 bits per heavy atom. The monoisotopic (exact) mass is 634 g/mol. The van der Waals surface area contributed by atoms with Crippen molar-refractivity contribution in [3.05, 3.63) is 127 Å². The molecule has 0 saturated heterocycles. The molecule has 8 nitrogen and oxygen atoms in total. The van der Waals surface area contributed by atoms with Gasteiger partial charge in [-0.05, 0) is 61.4 Å². The Morgan fingerprint density at radius 3 is 2.37 bits per heavy atom. The summed E-state index contributed by atoms with van der Waals surface area (Å²) in [5.41, 5.74) is 2.59. The average Bonchev–Trinajstić information content (AvgIpc) is 3.39. The summed E-state index contributed by atoms with van der Waals surface area (Å²) >= 11 is 1.26. The number of nitrogens with zero attached hydrogens (tertiary/aromatic N) is 2. The summed E-state index contributed by atoms with van der Waals surface area (Å²) < 4.78 is 24.9. The van der Waals surface area contributed by atoms with Crippen LogP contribution in [0.2, 0.25) is 0 Å². The molecule has 0 radical (unpaired) electrons. The Bertz CT molecular complexity index is 2150. The Hall–Kier alpha value is -5.15. The van der Waals surface area contributed by atoms with Crippen LogP contribution in [0.15, 0.2) is 100 Å². The topological polar surface area (TPSA) is 88.4 Å². The first-order valence-corrected chi connectivity index (χ1v) is 15.8. The summed E-state index contributed by atoms with van der Waals surface area (Å²) in [5, 5.41) is 1.98. The molecule has 0 aliphatic carbocycles. The van der Waals surface area contributed by atoms with Crippen molar-refractivity contribution in [3.8, 4) is 17.2 Å². The molecule has 0 unspecified atom stereocenters. The molecule has 46 heavy (non-hydrogen) atoms. The van der Waals surface area contributed by atoms with Gasteiger partial charge in [-0.15, -0.1) is 0 Å². The summed E-state index contributed by atoms with van der Waals surface area (Å²) in [4.78, 5) is 33.8. The smallest absolute Gasteiger partial charge is 0.338 e. The number of rotatable bonds is 9. The third-order valence-electron chi connectivity index (χ3n) is 7.67. The summed E-state index contributed by atoms with van der Waals surface area (Å²) in [6, 6.07) is 25.9. The van der Waals surface area contributed by atoms with Crippen molar-refractivity contribution >= 4 is 39.9 Å². The molecule has 0 N–H and O–H groups in total. The first-order valence-electron chi connectivity index (χ1n) is 15.0. The van der Waals surface area contributed by atoms with Gasteiger partial charge in [-0.3, -0.25) is 9.36 Å². The van der Waals surface area contributed by atoms with Crippen molar-refractivity contribution in [2.24, 2.45) is 4.99 Å². The van der Waals surface area contributed by atoms with Crippen LogP contribution in [0.3, 0.4) is 0 Å². The van der Waals surface area contributed by atoms with Crippen LogP contribution in [0.5, 0.6) is 17.2 Å². The molecule has 0 bridgehead atoms. The second kappa shape index (κ2) is 13.1. The third-order valence-corrected chi connectivity index (χ3v) is 8.65. The maximum Gasteiger partial charge on any atom is 0.338 e. The lowest BCUT2D eigenvalue weighted by molar-refractivity contribution is -0.138. The van der Waals surface area contributed by atoms with E-state index in [0.717, 1.165) is 21.9 Å². The van der Waals surface area contributed by atoms with Crippen LogP contribution in [0.25, 0.3) is 22.5 Å². The van der Waals surface area contributed by atoms with Crippen LogP contribution < -0.4 is 29.1 Å². The number of esters is 1. The highest BCUT2D eigenvalue weighted by molar-refractivity contribution is 7.07. The van der Waals surface area contributed by atoms with E-state index in [2.05, 4.69) is 0 Å². The summed E-state index contributed by atoms with van der Waals surface area (Å²) in [6.07, 6.45) is 1.80. The van der Waals surface area contributed by atoms with Crippen molar-refractivity contribution in [1.82, 2.24) is 4.57 Å². The summed E-state index contributed by atoms with van der Waals surface area (Å²) in [7, 11) is 3.11. The van der Waals surface area contributed by atoms with Gasteiger partial charge in [-0.25, -0.2) is 9.79 Å². The van der Waals surface area contributed by atoms with E-state index >= 15 is 0 Å². The number of fused-ring (bicyclic) bond motifs is 2. The highest BCUT2D eigenvalue weighted by Gasteiger charge is 2.35. The SMILES string of the molecule is CCOC(=O)C1=C(c2ccccc2)N=c2s/c(=C\c3c(OC(C)C)ccc4ccccc34)c(=O)n2[C@@H]1c1ccc(OC)c(OC)c1. The van der Waals surface area contributed by atoms with E-state index in [1.165, 1.54) is 11.3 Å². The number of hydrogen-bond acceptors (Lipinski definition) is 8. The molecular formula is C37H34N2O6S. The molecule has 1 aromatic heterocycles. The molecule has 9 heteroatoms. The molecule has 1 aliphatic rings. The molecule has 0 amide bonds. The second-order valence-electron chi connectivity index (χ2n) is 10.9. The molecule has 0 fully saturated rings. The zero-order valence-corrected chi connectivity index (χ0v) is 27.1. The van der Waals surface area contributed by atoms with Crippen molar-refractivity contribution in [1.29, 1.82) is 0 Å². The molecule has 1 atom stereocenters. The van der Waals surface area contributed by atoms with E-state index in [1.54, 1.807) is 37.8 Å². The van der Waals surface area contributed by atoms with Gasteiger partial charge in [0.15, 0.2) is 16.3 Å². The summed E-state index contributed by atoms with van der Waals surface area (Å²) in [5.74, 6) is 1.11. The Balaban J connectivity index is 1.68. The maximum absolute atomic E-state index is 14.5. The van der Waals surface area contributed by atoms with Gasteiger partial charge in [0, 0.05) is 11.1 Å². The average molecular weight is 635 g/mol. The van der Waals surface area contributed by atoms with E-state index in [0.29, 0.717) is 37.8 Å². The van der Waals surface area contributed by atoms with Gasteiger partial charge in [-0.1, -0.05) is 78.1 Å². The zero-order chi connectivity index (χ0) is 32.4. The molecule has 0 saturated carbocycles. The van der Waals surface area contributed by atoms with Gasteiger partial charge < -0.3 is 18.9 Å². The fourth-order valence-electron chi connectivity index (χ4n) is 5.69. The number of ether oxygens (including phenoxy) is 4. The van der Waals surface area contributed by atoms with Crippen LogP contribution in [-0.2, 0) is 9.53 Å². The van der Waals surface area contributed by atoms with Gasteiger partial charge in [0.1, 0.15) is 5.75 Å². The highest BCUT2D eigenvalue weighted by Crippen LogP contribution is 2.38. The first kappa shape index (κ1) is 30.9. The van der Waals surface area contributed by atoms with Crippen LogP contribution >= 0.6 is 11.3 Å². The lowest BCUT2D eigenvalue weighted by Crippen LogP contribution is -2.40. The van der Waals surface area contributed by atoms with Crippen LogP contribution in [-0.4, -0.2) is 37.5 Å². The highest BCUT2D eigenvalue weighted by atomic mass is 32.1. The quantitative estimate of drug-likeness (QED) is 0.188. The van der Waals surface area contributed by atoms with Crippen molar-refractivity contribution in [2.75, 3.05) is 20.8 Å². The number of methoxy groups -OCH3 is 2. The normalized spacial score (nSPS) is 14.7. The van der Waals surface area contributed by atoms with E-state index in [1.807, 2.05) is 92.7 Å². The van der Waals surface area contributed by atoms with Crippen molar-refractivity contribution in [3.63, 3.8) is 0 Å². The largest absolute Gasteiger partial charge is 0.493 e. The Morgan fingerprint density at radius 1 is 0.935 bits per heavy atom. The number of carbonyl (C=O) groups is 1. The van der Waals surface area contributed by atoms with Crippen molar-refractivity contribution < 1.29 is 23.7 Å². The molecule has 6 rings (SSSR count). The number of benzene rings is 4. The lowest BCUT2D eigenvalue weighted by Gasteiger charge is -2.26. The lowest BCUT2D eigenvalue weighted by atomic mass is 9.93. The molecule has 234 valence electrons. The molecule has 5 aromatic rings. The van der Waals surface area contributed by atoms with E-state index < -0.39 is 12.0 Å². The molecule has 4 aromatic carbocycles. The van der Waals surface area contributed by atoms with Crippen LogP contribution in [0.4, 0.5) is 0 Å². The van der Waals surface area contributed by atoms with E-state index in [-0.39, 0.29) is 23.8 Å². The predicted octanol–water partition coefficient (Wildman–Crippen LogP) is 5.89. The van der Waals surface area contributed by atoms with Gasteiger partial charge in [0.05, 0.1) is 48.8 Å². The van der Waals surface area contributed by atoms with E-state index in [9.17, 15) is 9.59 Å². The predicted molar refractivity (Wildman–Crippen MR) is 180 cm³/mol. The van der Waals surface area contributed by atoms with Crippen molar-refractivity contribution in [2.45, 2.75) is 32.9 Å². The van der Waals surface area contributed by atoms with Crippen LogP contribution in [0, 0.1) is 0 Å². The minimum Gasteiger partial charge on any atom is -0.493 e. The van der Waals surface area contributed by atoms with E-state index in [4.69, 9.17) is 23.9 Å². The number of aromatic nitrogens is 1. The van der Waals surface area contributed by atoms with Crippen LogP contribution in [0.1, 0.15) is 43.5 Å². The van der Waals surface area contributed by atoms with Gasteiger partial charge in [-0.2, -0.15) is 0 Å². The first-order chi connectivity index (χ1) is 22.3. The van der Waals surface area contributed by atoms with Gasteiger partial charge in [0.2, 0.25) is 0 Å². The third kappa shape index (κ3) is 5.70. The minimum absolute atomic E-state index is 0.0693. The second-order valence-corrected chi connectivity index (χ2v) is 11.9. The standard InChI is InChI=1S/C37H34N2O6S/c1-6-44-36(41)32-33(24-13-8-7-9-14-24)38-37-39(34(32)25-17-19-29(42-4)30(20-25)43-5)35(40)31(46-37)21-27-26-15-11-10-12-23(26)16-18-28(27)45-22(2)3/h7-22,34H,6H2,1-5H3/b31-21-/t34-/m1/s1.